The highest BCUT2D eigenvalue weighted by Crippen LogP contribution is 2.17. The standard InChI is InChI=1S/C20H21N3O2/c1-13-9-14(2)20(15(3)10-13)16(4)22-23-19(24)12-25-18-7-5-17(11-21)6-8-18/h5-10H,12H2,1-4H3,(H,23,24)/b22-16-. The summed E-state index contributed by atoms with van der Waals surface area (Å²) in [6.07, 6.45) is 0. The first-order valence-corrected chi connectivity index (χ1v) is 7.95. The van der Waals surface area contributed by atoms with E-state index in [1.165, 1.54) is 5.56 Å². The minimum atomic E-state index is -0.342. The summed E-state index contributed by atoms with van der Waals surface area (Å²) in [5.41, 5.74) is 8.30. The molecule has 2 rings (SSSR count). The molecule has 0 heterocycles. The van der Waals surface area contributed by atoms with Crippen molar-refractivity contribution in [2.45, 2.75) is 27.7 Å². The van der Waals surface area contributed by atoms with Crippen molar-refractivity contribution in [1.82, 2.24) is 5.43 Å². The smallest absolute Gasteiger partial charge is 0.277 e. The van der Waals surface area contributed by atoms with Crippen LogP contribution in [0.1, 0.15) is 34.7 Å². The largest absolute Gasteiger partial charge is 0.484 e. The Morgan fingerprint density at radius 1 is 1.16 bits per heavy atom. The predicted molar refractivity (Wildman–Crippen MR) is 97.7 cm³/mol. The molecular weight excluding hydrogens is 314 g/mol. The van der Waals surface area contributed by atoms with Crippen LogP contribution in [0.2, 0.25) is 0 Å². The molecular formula is C20H21N3O2. The van der Waals surface area contributed by atoms with Crippen LogP contribution in [0.5, 0.6) is 5.75 Å². The van der Waals surface area contributed by atoms with E-state index in [4.69, 9.17) is 10.00 Å². The lowest BCUT2D eigenvalue weighted by Gasteiger charge is -2.11. The van der Waals surface area contributed by atoms with E-state index in [2.05, 4.69) is 29.6 Å². The van der Waals surface area contributed by atoms with Crippen molar-refractivity contribution >= 4 is 11.6 Å². The SMILES string of the molecule is C/C(=N/NC(=O)COc1ccc(C#N)cc1)c1c(C)cc(C)cc1C. The van der Waals surface area contributed by atoms with Crippen molar-refractivity contribution in [2.75, 3.05) is 6.61 Å². The minimum absolute atomic E-state index is 0.144. The normalized spacial score (nSPS) is 10.9. The third-order valence-corrected chi connectivity index (χ3v) is 3.74. The molecule has 0 saturated heterocycles. The van der Waals surface area contributed by atoms with Gasteiger partial charge in [0.1, 0.15) is 5.75 Å². The molecule has 0 unspecified atom stereocenters. The van der Waals surface area contributed by atoms with Crippen LogP contribution in [-0.2, 0) is 4.79 Å². The molecule has 2 aromatic carbocycles. The molecule has 0 bridgehead atoms. The van der Waals surface area contributed by atoms with Crippen molar-refractivity contribution < 1.29 is 9.53 Å². The zero-order valence-electron chi connectivity index (χ0n) is 14.9. The molecule has 2 aromatic rings. The average Bonchev–Trinajstić information content (AvgIpc) is 2.57. The highest BCUT2D eigenvalue weighted by Gasteiger charge is 2.08. The van der Waals surface area contributed by atoms with Gasteiger partial charge in [0, 0.05) is 5.56 Å². The number of amides is 1. The molecule has 25 heavy (non-hydrogen) atoms. The van der Waals surface area contributed by atoms with Gasteiger partial charge >= 0.3 is 0 Å². The Balaban J connectivity index is 1.96. The second kappa shape index (κ2) is 8.11. The molecule has 0 atom stereocenters. The Hall–Kier alpha value is -3.13. The van der Waals surface area contributed by atoms with Gasteiger partial charge in [-0.1, -0.05) is 17.7 Å². The fourth-order valence-corrected chi connectivity index (χ4v) is 2.76. The van der Waals surface area contributed by atoms with Crippen molar-refractivity contribution in [1.29, 1.82) is 5.26 Å². The zero-order chi connectivity index (χ0) is 18.4. The number of carbonyl (C=O) groups excluding carboxylic acids is 1. The Morgan fingerprint density at radius 3 is 2.32 bits per heavy atom. The third-order valence-electron chi connectivity index (χ3n) is 3.74. The van der Waals surface area contributed by atoms with Crippen molar-refractivity contribution in [3.05, 3.63) is 64.2 Å². The number of hydrazone groups is 1. The lowest BCUT2D eigenvalue weighted by molar-refractivity contribution is -0.123. The summed E-state index contributed by atoms with van der Waals surface area (Å²) < 4.78 is 5.38. The van der Waals surface area contributed by atoms with Gasteiger partial charge in [0.2, 0.25) is 0 Å². The van der Waals surface area contributed by atoms with Crippen LogP contribution in [0.3, 0.4) is 0 Å². The second-order valence-electron chi connectivity index (χ2n) is 5.93. The first kappa shape index (κ1) is 18.2. The fraction of sp³-hybridized carbons (Fsp3) is 0.250. The van der Waals surface area contributed by atoms with Crippen LogP contribution in [0.15, 0.2) is 41.5 Å². The Kier molecular flexibility index (Phi) is 5.91. The molecule has 0 fully saturated rings. The number of hydrogen-bond donors (Lipinski definition) is 1. The van der Waals surface area contributed by atoms with Gasteiger partial charge < -0.3 is 4.74 Å². The van der Waals surface area contributed by atoms with Gasteiger partial charge in [-0.05, 0) is 63.1 Å². The number of aryl methyl sites for hydroxylation is 3. The zero-order valence-corrected chi connectivity index (χ0v) is 14.9. The van der Waals surface area contributed by atoms with Crippen molar-refractivity contribution in [3.8, 4) is 11.8 Å². The fourth-order valence-electron chi connectivity index (χ4n) is 2.76. The van der Waals surface area contributed by atoms with Crippen molar-refractivity contribution in [3.63, 3.8) is 0 Å². The van der Waals surface area contributed by atoms with E-state index in [9.17, 15) is 4.79 Å². The summed E-state index contributed by atoms with van der Waals surface area (Å²) in [6.45, 7) is 7.84. The summed E-state index contributed by atoms with van der Waals surface area (Å²) in [4.78, 5) is 11.9. The molecule has 0 aliphatic carbocycles. The number of nitrogens with zero attached hydrogens (tertiary/aromatic N) is 2. The van der Waals surface area contributed by atoms with E-state index in [0.717, 1.165) is 22.4 Å². The maximum Gasteiger partial charge on any atom is 0.277 e. The summed E-state index contributed by atoms with van der Waals surface area (Å²) in [6, 6.07) is 12.8. The van der Waals surface area contributed by atoms with E-state index in [1.807, 2.05) is 26.8 Å². The lowest BCUT2D eigenvalue weighted by atomic mass is 9.97. The number of hydrogen-bond acceptors (Lipinski definition) is 4. The van der Waals surface area contributed by atoms with E-state index < -0.39 is 0 Å². The minimum Gasteiger partial charge on any atom is -0.484 e. The third kappa shape index (κ3) is 4.92. The number of carbonyl (C=O) groups is 1. The molecule has 128 valence electrons. The van der Waals surface area contributed by atoms with Crippen LogP contribution < -0.4 is 10.2 Å². The molecule has 5 nitrogen and oxygen atoms in total. The number of ether oxygens (including phenoxy) is 1. The van der Waals surface area contributed by atoms with E-state index >= 15 is 0 Å². The van der Waals surface area contributed by atoms with Crippen molar-refractivity contribution in [2.24, 2.45) is 5.10 Å². The van der Waals surface area contributed by atoms with E-state index in [-0.39, 0.29) is 12.5 Å². The predicted octanol–water partition coefficient (Wildman–Crippen LogP) is 3.40. The monoisotopic (exact) mass is 335 g/mol. The Labute approximate surface area is 147 Å². The topological polar surface area (TPSA) is 74.5 Å². The molecule has 0 aliphatic heterocycles. The maximum atomic E-state index is 11.9. The number of benzene rings is 2. The highest BCUT2D eigenvalue weighted by atomic mass is 16.5. The Bertz CT molecular complexity index is 823. The van der Waals surface area contributed by atoms with Gasteiger partial charge in [-0.25, -0.2) is 5.43 Å². The maximum absolute atomic E-state index is 11.9. The molecule has 0 radical (unpaired) electrons. The summed E-state index contributed by atoms with van der Waals surface area (Å²) in [7, 11) is 0. The van der Waals surface area contributed by atoms with E-state index in [1.54, 1.807) is 24.3 Å². The molecule has 1 N–H and O–H groups in total. The van der Waals surface area contributed by atoms with Crippen LogP contribution in [-0.4, -0.2) is 18.2 Å². The van der Waals surface area contributed by atoms with Gasteiger partial charge in [0.25, 0.3) is 5.91 Å². The number of nitrogens with one attached hydrogen (secondary N) is 1. The van der Waals surface area contributed by atoms with Gasteiger partial charge in [-0.2, -0.15) is 10.4 Å². The summed E-state index contributed by atoms with van der Waals surface area (Å²) in [5.74, 6) is 0.186. The number of rotatable bonds is 5. The lowest BCUT2D eigenvalue weighted by Crippen LogP contribution is -2.25. The quantitative estimate of drug-likeness (QED) is 0.672. The van der Waals surface area contributed by atoms with Crippen LogP contribution in [0.25, 0.3) is 0 Å². The summed E-state index contributed by atoms with van der Waals surface area (Å²) >= 11 is 0. The second-order valence-corrected chi connectivity index (χ2v) is 5.93. The Morgan fingerprint density at radius 2 is 1.76 bits per heavy atom. The molecule has 0 spiro atoms. The molecule has 5 heteroatoms. The van der Waals surface area contributed by atoms with Crippen LogP contribution >= 0.6 is 0 Å². The average molecular weight is 335 g/mol. The highest BCUT2D eigenvalue weighted by molar-refractivity contribution is 6.01. The van der Waals surface area contributed by atoms with Gasteiger partial charge in [-0.15, -0.1) is 0 Å². The van der Waals surface area contributed by atoms with Crippen LogP contribution in [0, 0.1) is 32.1 Å². The molecule has 0 aromatic heterocycles. The first-order chi connectivity index (χ1) is 11.9. The van der Waals surface area contributed by atoms with Crippen LogP contribution in [0.4, 0.5) is 0 Å². The summed E-state index contributed by atoms with van der Waals surface area (Å²) in [5, 5.41) is 12.9. The number of nitriles is 1. The molecule has 0 aliphatic rings. The first-order valence-electron chi connectivity index (χ1n) is 7.95. The van der Waals surface area contributed by atoms with E-state index in [0.29, 0.717) is 11.3 Å². The van der Waals surface area contributed by atoms with Gasteiger partial charge in [-0.3, -0.25) is 4.79 Å². The molecule has 0 saturated carbocycles. The molecule has 1 amide bonds. The van der Waals surface area contributed by atoms with Gasteiger partial charge in [0.05, 0.1) is 17.3 Å². The van der Waals surface area contributed by atoms with Gasteiger partial charge in [0.15, 0.2) is 6.61 Å².